The van der Waals surface area contributed by atoms with Gasteiger partial charge in [-0.2, -0.15) is 0 Å². The van der Waals surface area contributed by atoms with Crippen molar-refractivity contribution in [3.63, 3.8) is 0 Å². The minimum Gasteiger partial charge on any atom is -0.393 e. The van der Waals surface area contributed by atoms with E-state index in [0.29, 0.717) is 6.54 Å². The Hall–Kier alpha value is -0.640. The molecule has 0 bridgehead atoms. The highest BCUT2D eigenvalue weighted by atomic mass is 32.1. The van der Waals surface area contributed by atoms with E-state index in [2.05, 4.69) is 0 Å². The molecule has 13 heavy (non-hydrogen) atoms. The standard InChI is InChI=1S/C9H18N2OS/c1-5-11(6(2)3)9(12)7(4)8(10)13/h6-7H,5H2,1-4H3,(H2,10,13). The third-order valence-electron chi connectivity index (χ3n) is 2.04. The Labute approximate surface area is 85.3 Å². The van der Waals surface area contributed by atoms with Gasteiger partial charge in [-0.3, -0.25) is 4.79 Å². The minimum atomic E-state index is -0.350. The summed E-state index contributed by atoms with van der Waals surface area (Å²) in [6.45, 7) is 8.35. The summed E-state index contributed by atoms with van der Waals surface area (Å²) in [6, 6.07) is 0.203. The van der Waals surface area contributed by atoms with E-state index in [1.165, 1.54) is 0 Å². The number of carbonyl (C=O) groups is 1. The molecule has 0 heterocycles. The van der Waals surface area contributed by atoms with E-state index in [4.69, 9.17) is 18.0 Å². The van der Waals surface area contributed by atoms with Crippen molar-refractivity contribution in [2.75, 3.05) is 6.54 Å². The van der Waals surface area contributed by atoms with Gasteiger partial charge in [-0.25, -0.2) is 0 Å². The maximum absolute atomic E-state index is 11.7. The lowest BCUT2D eigenvalue weighted by Crippen LogP contribution is -2.43. The monoisotopic (exact) mass is 202 g/mol. The summed E-state index contributed by atoms with van der Waals surface area (Å²) in [5.41, 5.74) is 5.41. The summed E-state index contributed by atoms with van der Waals surface area (Å²) in [4.78, 5) is 13.8. The van der Waals surface area contributed by atoms with Crippen LogP contribution in [0.2, 0.25) is 0 Å². The topological polar surface area (TPSA) is 46.3 Å². The van der Waals surface area contributed by atoms with Gasteiger partial charge in [-0.05, 0) is 27.7 Å². The Balaban J connectivity index is 4.46. The molecule has 0 aliphatic carbocycles. The third kappa shape index (κ3) is 3.30. The van der Waals surface area contributed by atoms with Crippen molar-refractivity contribution in [2.24, 2.45) is 11.7 Å². The maximum atomic E-state index is 11.7. The highest BCUT2D eigenvalue weighted by Crippen LogP contribution is 2.06. The van der Waals surface area contributed by atoms with E-state index in [-0.39, 0.29) is 22.9 Å². The van der Waals surface area contributed by atoms with Gasteiger partial charge >= 0.3 is 0 Å². The van der Waals surface area contributed by atoms with Crippen LogP contribution in [0, 0.1) is 5.92 Å². The first-order valence-electron chi connectivity index (χ1n) is 4.51. The predicted octanol–water partition coefficient (Wildman–Crippen LogP) is 1.17. The van der Waals surface area contributed by atoms with Crippen LogP contribution in [0.3, 0.4) is 0 Å². The minimum absolute atomic E-state index is 0.0185. The molecule has 0 aromatic rings. The molecule has 0 spiro atoms. The molecule has 0 saturated carbocycles. The van der Waals surface area contributed by atoms with Gasteiger partial charge in [0, 0.05) is 12.6 Å². The van der Waals surface area contributed by atoms with Crippen molar-refractivity contribution in [1.82, 2.24) is 4.90 Å². The van der Waals surface area contributed by atoms with Crippen LogP contribution in [-0.4, -0.2) is 28.4 Å². The fourth-order valence-electron chi connectivity index (χ4n) is 1.15. The van der Waals surface area contributed by atoms with Gasteiger partial charge < -0.3 is 10.6 Å². The molecule has 2 N–H and O–H groups in total. The lowest BCUT2D eigenvalue weighted by atomic mass is 10.1. The van der Waals surface area contributed by atoms with Crippen LogP contribution in [0.1, 0.15) is 27.7 Å². The molecule has 1 amide bonds. The van der Waals surface area contributed by atoms with Crippen molar-refractivity contribution in [3.05, 3.63) is 0 Å². The van der Waals surface area contributed by atoms with Crippen molar-refractivity contribution in [3.8, 4) is 0 Å². The summed E-state index contributed by atoms with van der Waals surface area (Å²) >= 11 is 4.78. The molecule has 0 aliphatic heterocycles. The molecule has 0 fully saturated rings. The average molecular weight is 202 g/mol. The lowest BCUT2D eigenvalue weighted by Gasteiger charge is -2.27. The maximum Gasteiger partial charge on any atom is 0.232 e. The summed E-state index contributed by atoms with van der Waals surface area (Å²) in [7, 11) is 0. The van der Waals surface area contributed by atoms with Gasteiger partial charge in [-0.1, -0.05) is 12.2 Å². The smallest absolute Gasteiger partial charge is 0.232 e. The molecule has 0 saturated heterocycles. The van der Waals surface area contributed by atoms with Crippen molar-refractivity contribution in [1.29, 1.82) is 0 Å². The van der Waals surface area contributed by atoms with Gasteiger partial charge in [0.15, 0.2) is 0 Å². The molecular weight excluding hydrogens is 184 g/mol. The number of nitrogens with two attached hydrogens (primary N) is 1. The summed E-state index contributed by atoms with van der Waals surface area (Å²) in [6.07, 6.45) is 0. The van der Waals surface area contributed by atoms with Gasteiger partial charge in [0.1, 0.15) is 0 Å². The van der Waals surface area contributed by atoms with Gasteiger partial charge in [0.2, 0.25) is 5.91 Å². The summed E-state index contributed by atoms with van der Waals surface area (Å²) < 4.78 is 0. The zero-order valence-electron chi connectivity index (χ0n) is 8.70. The fraction of sp³-hybridized carbons (Fsp3) is 0.778. The quantitative estimate of drug-likeness (QED) is 0.696. The van der Waals surface area contributed by atoms with E-state index in [1.54, 1.807) is 11.8 Å². The van der Waals surface area contributed by atoms with E-state index >= 15 is 0 Å². The Morgan fingerprint density at radius 1 is 1.46 bits per heavy atom. The molecule has 3 nitrogen and oxygen atoms in total. The van der Waals surface area contributed by atoms with Crippen molar-refractivity contribution < 1.29 is 4.79 Å². The van der Waals surface area contributed by atoms with Gasteiger partial charge in [0.25, 0.3) is 0 Å². The van der Waals surface area contributed by atoms with Gasteiger partial charge in [-0.15, -0.1) is 0 Å². The highest BCUT2D eigenvalue weighted by molar-refractivity contribution is 7.80. The Bertz CT molecular complexity index is 204. The van der Waals surface area contributed by atoms with Crippen LogP contribution in [0.25, 0.3) is 0 Å². The molecule has 1 atom stereocenters. The normalized spacial score (nSPS) is 12.7. The van der Waals surface area contributed by atoms with Crippen molar-refractivity contribution >= 4 is 23.1 Å². The van der Waals surface area contributed by atoms with E-state index in [1.807, 2.05) is 20.8 Å². The number of nitrogens with zero attached hydrogens (tertiary/aromatic N) is 1. The Kier molecular flexibility index (Phi) is 4.91. The second-order valence-corrected chi connectivity index (χ2v) is 3.81. The SMILES string of the molecule is CCN(C(=O)C(C)C(N)=S)C(C)C. The largest absolute Gasteiger partial charge is 0.393 e. The molecule has 0 aliphatic rings. The molecule has 0 radical (unpaired) electrons. The fourth-order valence-corrected chi connectivity index (χ4v) is 1.25. The van der Waals surface area contributed by atoms with Gasteiger partial charge in [0.05, 0.1) is 10.9 Å². The number of rotatable bonds is 4. The number of amides is 1. The molecule has 76 valence electrons. The molecule has 0 aromatic heterocycles. The van der Waals surface area contributed by atoms with E-state index < -0.39 is 0 Å². The zero-order valence-corrected chi connectivity index (χ0v) is 9.52. The third-order valence-corrected chi connectivity index (χ3v) is 2.40. The Morgan fingerprint density at radius 2 is 1.92 bits per heavy atom. The summed E-state index contributed by atoms with van der Waals surface area (Å²) in [5.74, 6) is -0.331. The first-order valence-corrected chi connectivity index (χ1v) is 4.92. The van der Waals surface area contributed by atoms with Crippen LogP contribution >= 0.6 is 12.2 Å². The van der Waals surface area contributed by atoms with Crippen LogP contribution < -0.4 is 5.73 Å². The molecular formula is C9H18N2OS. The zero-order chi connectivity index (χ0) is 10.6. The first-order chi connectivity index (χ1) is 5.91. The number of hydrogen-bond acceptors (Lipinski definition) is 2. The Morgan fingerprint density at radius 3 is 2.15 bits per heavy atom. The number of carbonyl (C=O) groups excluding carboxylic acids is 1. The number of thiocarbonyl (C=S) groups is 1. The van der Waals surface area contributed by atoms with Crippen LogP contribution in [0.4, 0.5) is 0 Å². The van der Waals surface area contributed by atoms with E-state index in [9.17, 15) is 4.79 Å². The highest BCUT2D eigenvalue weighted by Gasteiger charge is 2.22. The van der Waals surface area contributed by atoms with Crippen LogP contribution in [0.15, 0.2) is 0 Å². The van der Waals surface area contributed by atoms with Crippen LogP contribution in [-0.2, 0) is 4.79 Å². The average Bonchev–Trinajstić information content (AvgIpc) is 2.03. The molecule has 1 unspecified atom stereocenters. The second-order valence-electron chi connectivity index (χ2n) is 3.34. The first kappa shape index (κ1) is 12.4. The van der Waals surface area contributed by atoms with Crippen LogP contribution in [0.5, 0.6) is 0 Å². The molecule has 0 rings (SSSR count). The van der Waals surface area contributed by atoms with Crippen molar-refractivity contribution in [2.45, 2.75) is 33.7 Å². The predicted molar refractivity (Wildman–Crippen MR) is 58.5 cm³/mol. The lowest BCUT2D eigenvalue weighted by molar-refractivity contribution is -0.134. The van der Waals surface area contributed by atoms with E-state index in [0.717, 1.165) is 0 Å². The molecule has 0 aromatic carbocycles. The molecule has 4 heteroatoms. The second kappa shape index (κ2) is 5.17. The number of hydrogen-bond donors (Lipinski definition) is 1. The summed E-state index contributed by atoms with van der Waals surface area (Å²) in [5, 5.41) is 0.